The number of nitrogens with one attached hydrogen (secondary N) is 2. The van der Waals surface area contributed by atoms with E-state index in [9.17, 15) is 32.3 Å². The molecule has 0 aromatic heterocycles. The average Bonchev–Trinajstić information content (AvgIpc) is 3.12. The Bertz CT molecular complexity index is 1610. The van der Waals surface area contributed by atoms with Gasteiger partial charge in [-0.3, -0.25) is 4.79 Å². The summed E-state index contributed by atoms with van der Waals surface area (Å²) >= 11 is 0. The molecule has 3 aromatic carbocycles. The molecule has 0 aliphatic carbocycles. The Hall–Kier alpha value is -5.38. The predicted octanol–water partition coefficient (Wildman–Crippen LogP) is 5.76. The minimum atomic E-state index is -4.88. The standard InChI is InChI=1S/C29H24F3N5O5/c1-28(2)25(39)37(21-13-10-18(15-33)22(14-21)29(30,31)32)27(41)36(28)16-19-6-4-5-7-23(19)35-26(40)34-20-11-8-17(9-12-20)24(38)42-3/h4-14H,16H2,1-3H3,(H2,34,35,40). The topological polar surface area (TPSA) is 132 Å². The van der Waals surface area contributed by atoms with Crippen molar-refractivity contribution in [1.82, 2.24) is 4.90 Å². The fourth-order valence-electron chi connectivity index (χ4n) is 4.37. The molecule has 5 amide bonds. The molecule has 3 aromatic rings. The third-order valence-corrected chi connectivity index (χ3v) is 6.67. The molecule has 0 bridgehead atoms. The summed E-state index contributed by atoms with van der Waals surface area (Å²) in [7, 11) is 1.25. The van der Waals surface area contributed by atoms with E-state index in [0.717, 1.165) is 12.1 Å². The minimum absolute atomic E-state index is 0.166. The Balaban J connectivity index is 1.56. The van der Waals surface area contributed by atoms with Crippen molar-refractivity contribution in [1.29, 1.82) is 5.26 Å². The molecular formula is C29H24F3N5O5. The van der Waals surface area contributed by atoms with Gasteiger partial charge in [0.1, 0.15) is 5.54 Å². The highest BCUT2D eigenvalue weighted by molar-refractivity contribution is 6.23. The summed E-state index contributed by atoms with van der Waals surface area (Å²) in [5, 5.41) is 14.4. The van der Waals surface area contributed by atoms with Gasteiger partial charge in [-0.05, 0) is 67.9 Å². The van der Waals surface area contributed by atoms with Gasteiger partial charge in [-0.25, -0.2) is 19.3 Å². The molecule has 2 N–H and O–H groups in total. The van der Waals surface area contributed by atoms with Gasteiger partial charge in [0.25, 0.3) is 5.91 Å². The van der Waals surface area contributed by atoms with Crippen molar-refractivity contribution < 1.29 is 37.1 Å². The van der Waals surface area contributed by atoms with Gasteiger partial charge >= 0.3 is 24.2 Å². The van der Waals surface area contributed by atoms with Gasteiger partial charge in [0.05, 0.1) is 42.1 Å². The number of rotatable bonds is 6. The van der Waals surface area contributed by atoms with Gasteiger partial charge in [-0.15, -0.1) is 0 Å². The van der Waals surface area contributed by atoms with E-state index < -0.39 is 46.8 Å². The molecule has 216 valence electrons. The molecule has 0 atom stereocenters. The number of urea groups is 2. The summed E-state index contributed by atoms with van der Waals surface area (Å²) in [6.45, 7) is 2.76. The number of nitrogens with zero attached hydrogens (tertiary/aromatic N) is 3. The number of carbonyl (C=O) groups is 4. The van der Waals surface area contributed by atoms with Crippen LogP contribution in [0.4, 0.5) is 39.8 Å². The van der Waals surface area contributed by atoms with E-state index >= 15 is 0 Å². The van der Waals surface area contributed by atoms with Crippen LogP contribution < -0.4 is 15.5 Å². The van der Waals surface area contributed by atoms with Gasteiger partial charge < -0.3 is 20.3 Å². The second kappa shape index (κ2) is 11.2. The molecule has 0 saturated carbocycles. The molecule has 1 fully saturated rings. The number of methoxy groups -OCH3 is 1. The molecule has 1 heterocycles. The van der Waals surface area contributed by atoms with Crippen LogP contribution in [0.1, 0.15) is 40.9 Å². The third kappa shape index (κ3) is 5.73. The lowest BCUT2D eigenvalue weighted by Crippen LogP contribution is -2.43. The number of hydrogen-bond donors (Lipinski definition) is 2. The first-order valence-electron chi connectivity index (χ1n) is 12.4. The maximum absolute atomic E-state index is 13.6. The van der Waals surface area contributed by atoms with Crippen molar-refractivity contribution in [2.75, 3.05) is 22.6 Å². The van der Waals surface area contributed by atoms with Gasteiger partial charge in [-0.1, -0.05) is 18.2 Å². The maximum Gasteiger partial charge on any atom is 0.417 e. The van der Waals surface area contributed by atoms with Crippen molar-refractivity contribution in [2.24, 2.45) is 0 Å². The molecule has 0 radical (unpaired) electrons. The molecule has 1 aliphatic heterocycles. The zero-order valence-electron chi connectivity index (χ0n) is 22.6. The number of carbonyl (C=O) groups excluding carboxylic acids is 4. The molecule has 0 spiro atoms. The van der Waals surface area contributed by atoms with E-state index in [0.29, 0.717) is 33.5 Å². The average molecular weight is 580 g/mol. The monoisotopic (exact) mass is 579 g/mol. The van der Waals surface area contributed by atoms with E-state index in [1.54, 1.807) is 24.3 Å². The highest BCUT2D eigenvalue weighted by atomic mass is 19.4. The number of alkyl halides is 3. The third-order valence-electron chi connectivity index (χ3n) is 6.67. The van der Waals surface area contributed by atoms with E-state index in [-0.39, 0.29) is 12.2 Å². The first-order valence-corrected chi connectivity index (χ1v) is 12.4. The first kappa shape index (κ1) is 29.6. The van der Waals surface area contributed by atoms with E-state index in [1.807, 2.05) is 0 Å². The summed E-state index contributed by atoms with van der Waals surface area (Å²) in [6, 6.07) is 15.1. The predicted molar refractivity (Wildman–Crippen MR) is 146 cm³/mol. The quantitative estimate of drug-likeness (QED) is 0.282. The lowest BCUT2D eigenvalue weighted by atomic mass is 10.0. The highest BCUT2D eigenvalue weighted by Gasteiger charge is 2.52. The first-order chi connectivity index (χ1) is 19.8. The Kier molecular flexibility index (Phi) is 7.92. The van der Waals surface area contributed by atoms with E-state index in [1.165, 1.54) is 56.2 Å². The summed E-state index contributed by atoms with van der Waals surface area (Å²) < 4.78 is 45.3. The number of imide groups is 1. The van der Waals surface area contributed by atoms with E-state index in [4.69, 9.17) is 5.26 Å². The number of benzene rings is 3. The maximum atomic E-state index is 13.6. The smallest absolute Gasteiger partial charge is 0.417 e. The highest BCUT2D eigenvalue weighted by Crippen LogP contribution is 2.38. The molecule has 1 saturated heterocycles. The molecule has 0 unspecified atom stereocenters. The van der Waals surface area contributed by atoms with Crippen molar-refractivity contribution in [3.63, 3.8) is 0 Å². The zero-order valence-corrected chi connectivity index (χ0v) is 22.6. The second-order valence-corrected chi connectivity index (χ2v) is 9.71. The lowest BCUT2D eigenvalue weighted by molar-refractivity contribution is -0.137. The van der Waals surface area contributed by atoms with Crippen LogP contribution in [0.15, 0.2) is 66.7 Å². The number of esters is 1. The molecule has 13 heteroatoms. The van der Waals surface area contributed by atoms with Crippen LogP contribution in [-0.4, -0.2) is 41.5 Å². The number of amides is 5. The summed E-state index contributed by atoms with van der Waals surface area (Å²) in [5.74, 6) is -1.29. The Labute approximate surface area is 238 Å². The van der Waals surface area contributed by atoms with Crippen LogP contribution in [0.25, 0.3) is 0 Å². The van der Waals surface area contributed by atoms with Crippen LogP contribution in [-0.2, 0) is 22.3 Å². The number of halogens is 3. The van der Waals surface area contributed by atoms with Gasteiger partial charge in [0.15, 0.2) is 0 Å². The van der Waals surface area contributed by atoms with Crippen LogP contribution >= 0.6 is 0 Å². The summed E-state index contributed by atoms with van der Waals surface area (Å²) in [5.41, 5.74) is -2.25. The Morgan fingerprint density at radius 3 is 2.29 bits per heavy atom. The van der Waals surface area contributed by atoms with Crippen molar-refractivity contribution in [2.45, 2.75) is 32.1 Å². The van der Waals surface area contributed by atoms with Crippen LogP contribution in [0, 0.1) is 11.3 Å². The molecule has 10 nitrogen and oxygen atoms in total. The van der Waals surface area contributed by atoms with Crippen molar-refractivity contribution >= 4 is 41.0 Å². The Morgan fingerprint density at radius 2 is 1.67 bits per heavy atom. The fourth-order valence-corrected chi connectivity index (χ4v) is 4.37. The van der Waals surface area contributed by atoms with E-state index in [2.05, 4.69) is 15.4 Å². The number of ether oxygens (including phenoxy) is 1. The van der Waals surface area contributed by atoms with Crippen LogP contribution in [0.3, 0.4) is 0 Å². The largest absolute Gasteiger partial charge is 0.465 e. The second-order valence-electron chi connectivity index (χ2n) is 9.71. The summed E-state index contributed by atoms with van der Waals surface area (Å²) in [6.07, 6.45) is -4.88. The molecule has 1 aliphatic rings. The fraction of sp³-hybridized carbons (Fsp3) is 0.207. The van der Waals surface area contributed by atoms with Gasteiger partial charge in [0.2, 0.25) is 0 Å². The molecule has 42 heavy (non-hydrogen) atoms. The van der Waals surface area contributed by atoms with Crippen molar-refractivity contribution in [3.05, 3.63) is 89.0 Å². The Morgan fingerprint density at radius 1 is 1.00 bits per heavy atom. The van der Waals surface area contributed by atoms with Crippen LogP contribution in [0.5, 0.6) is 0 Å². The van der Waals surface area contributed by atoms with Gasteiger partial charge in [0, 0.05) is 11.4 Å². The number of anilines is 3. The van der Waals surface area contributed by atoms with Gasteiger partial charge in [-0.2, -0.15) is 18.4 Å². The normalized spacial score (nSPS) is 14.4. The van der Waals surface area contributed by atoms with Crippen LogP contribution in [0.2, 0.25) is 0 Å². The van der Waals surface area contributed by atoms with Crippen molar-refractivity contribution in [3.8, 4) is 6.07 Å². The number of hydrogen-bond acceptors (Lipinski definition) is 6. The molecule has 4 rings (SSSR count). The SMILES string of the molecule is COC(=O)c1ccc(NC(=O)Nc2ccccc2CN2C(=O)N(c3ccc(C#N)c(C(F)(F)F)c3)C(=O)C2(C)C)cc1. The number of nitriles is 1. The number of para-hydroxylation sites is 1. The minimum Gasteiger partial charge on any atom is -0.465 e. The lowest BCUT2D eigenvalue weighted by Gasteiger charge is -2.28. The molecular weight excluding hydrogens is 555 g/mol. The zero-order chi connectivity index (χ0) is 30.8. The summed E-state index contributed by atoms with van der Waals surface area (Å²) in [4.78, 5) is 53.0.